The highest BCUT2D eigenvalue weighted by Crippen LogP contribution is 2.20. The number of carbonyl (C=O) groups is 2. The second kappa shape index (κ2) is 13.6. The van der Waals surface area contributed by atoms with Crippen molar-refractivity contribution in [1.82, 2.24) is 10.2 Å². The van der Waals surface area contributed by atoms with Gasteiger partial charge in [-0.3, -0.25) is 14.3 Å². The minimum Gasteiger partial charge on any atom is -0.484 e. The van der Waals surface area contributed by atoms with Crippen LogP contribution in [-0.4, -0.2) is 37.8 Å². The summed E-state index contributed by atoms with van der Waals surface area (Å²) in [5.41, 5.74) is 2.01. The van der Waals surface area contributed by atoms with Crippen LogP contribution in [0.25, 0.3) is 0 Å². The van der Waals surface area contributed by atoms with Crippen LogP contribution >= 0.6 is 0 Å². The summed E-state index contributed by atoms with van der Waals surface area (Å²) in [5.74, 6) is -0.916. The minimum atomic E-state index is -3.92. The molecule has 0 bridgehead atoms. The third kappa shape index (κ3) is 8.39. The Hall–Kier alpha value is -4.70. The lowest BCUT2D eigenvalue weighted by Crippen LogP contribution is -2.48. The third-order valence-electron chi connectivity index (χ3n) is 6.27. The summed E-state index contributed by atoms with van der Waals surface area (Å²) in [7, 11) is -3.92. The zero-order valence-electron chi connectivity index (χ0n) is 22.4. The van der Waals surface area contributed by atoms with E-state index in [1.165, 1.54) is 41.3 Å². The molecule has 0 aliphatic carbocycles. The molecule has 0 saturated heterocycles. The summed E-state index contributed by atoms with van der Waals surface area (Å²) in [4.78, 5) is 27.7. The van der Waals surface area contributed by atoms with E-state index in [2.05, 4.69) is 10.0 Å². The molecular formula is C31H30FN3O5S. The van der Waals surface area contributed by atoms with Crippen LogP contribution in [0.2, 0.25) is 0 Å². The topological polar surface area (TPSA) is 105 Å². The lowest BCUT2D eigenvalue weighted by Gasteiger charge is -2.28. The SMILES string of the molecule is CC(C(=O)NCc1ccccc1)N(Cc1ccccc1)C(=O)COc1ccc(S(=O)(=O)Nc2ccc(F)cc2)cc1. The van der Waals surface area contributed by atoms with Crippen LogP contribution in [0, 0.1) is 5.82 Å². The van der Waals surface area contributed by atoms with Crippen LogP contribution < -0.4 is 14.8 Å². The van der Waals surface area contributed by atoms with Gasteiger partial charge in [0.1, 0.15) is 17.6 Å². The number of benzene rings is 4. The van der Waals surface area contributed by atoms with Gasteiger partial charge in [0.15, 0.2) is 6.61 Å². The van der Waals surface area contributed by atoms with Gasteiger partial charge in [-0.05, 0) is 66.6 Å². The molecule has 1 unspecified atom stereocenters. The molecule has 0 aliphatic heterocycles. The first-order valence-electron chi connectivity index (χ1n) is 12.9. The number of amides is 2. The fourth-order valence-corrected chi connectivity index (χ4v) is 5.03. The molecule has 0 fully saturated rings. The molecule has 212 valence electrons. The molecule has 0 aromatic heterocycles. The number of sulfonamides is 1. The van der Waals surface area contributed by atoms with Gasteiger partial charge in [0, 0.05) is 18.8 Å². The molecule has 8 nitrogen and oxygen atoms in total. The van der Waals surface area contributed by atoms with E-state index >= 15 is 0 Å². The molecule has 4 aromatic rings. The molecule has 0 spiro atoms. The average molecular weight is 576 g/mol. The zero-order chi connectivity index (χ0) is 29.2. The molecular weight excluding hydrogens is 545 g/mol. The summed E-state index contributed by atoms with van der Waals surface area (Å²) >= 11 is 0. The van der Waals surface area contributed by atoms with Gasteiger partial charge in [-0.1, -0.05) is 60.7 Å². The number of hydrogen-bond donors (Lipinski definition) is 2. The third-order valence-corrected chi connectivity index (χ3v) is 7.66. The highest BCUT2D eigenvalue weighted by atomic mass is 32.2. The van der Waals surface area contributed by atoms with E-state index in [1.807, 2.05) is 60.7 Å². The van der Waals surface area contributed by atoms with E-state index in [-0.39, 0.29) is 35.4 Å². The van der Waals surface area contributed by atoms with Gasteiger partial charge in [0.2, 0.25) is 5.91 Å². The maximum absolute atomic E-state index is 13.3. The summed E-state index contributed by atoms with van der Waals surface area (Å²) in [6.45, 7) is 1.84. The van der Waals surface area contributed by atoms with Crippen molar-refractivity contribution in [2.75, 3.05) is 11.3 Å². The number of nitrogens with zero attached hydrogens (tertiary/aromatic N) is 1. The van der Waals surface area contributed by atoms with Crippen molar-refractivity contribution < 1.29 is 27.1 Å². The molecule has 2 N–H and O–H groups in total. The lowest BCUT2D eigenvalue weighted by atomic mass is 10.1. The Kier molecular flexibility index (Phi) is 9.70. The first kappa shape index (κ1) is 29.3. The van der Waals surface area contributed by atoms with Gasteiger partial charge in [-0.15, -0.1) is 0 Å². The number of nitrogens with one attached hydrogen (secondary N) is 2. The second-order valence-corrected chi connectivity index (χ2v) is 10.9. The average Bonchev–Trinajstić information content (AvgIpc) is 2.99. The monoisotopic (exact) mass is 575 g/mol. The van der Waals surface area contributed by atoms with Crippen LogP contribution in [0.4, 0.5) is 10.1 Å². The minimum absolute atomic E-state index is 0.0325. The maximum Gasteiger partial charge on any atom is 0.261 e. The Morgan fingerprint density at radius 2 is 1.41 bits per heavy atom. The Balaban J connectivity index is 1.40. The maximum atomic E-state index is 13.3. The second-order valence-electron chi connectivity index (χ2n) is 9.26. The van der Waals surface area contributed by atoms with E-state index in [9.17, 15) is 22.4 Å². The predicted molar refractivity (Wildman–Crippen MR) is 154 cm³/mol. The molecule has 4 aromatic carbocycles. The Morgan fingerprint density at radius 3 is 2.02 bits per heavy atom. The van der Waals surface area contributed by atoms with E-state index in [1.54, 1.807) is 6.92 Å². The predicted octanol–water partition coefficient (Wildman–Crippen LogP) is 4.74. The molecule has 0 saturated carbocycles. The molecule has 41 heavy (non-hydrogen) atoms. The van der Waals surface area contributed by atoms with Crippen molar-refractivity contribution in [2.24, 2.45) is 0 Å². The van der Waals surface area contributed by atoms with Gasteiger partial charge >= 0.3 is 0 Å². The fraction of sp³-hybridized carbons (Fsp3) is 0.161. The van der Waals surface area contributed by atoms with Crippen LogP contribution in [0.5, 0.6) is 5.75 Å². The van der Waals surface area contributed by atoms with Crippen molar-refractivity contribution in [2.45, 2.75) is 31.0 Å². The molecule has 10 heteroatoms. The molecule has 0 radical (unpaired) electrons. The number of halogens is 1. The summed E-state index contributed by atoms with van der Waals surface area (Å²) < 4.78 is 46.5. The van der Waals surface area contributed by atoms with Crippen LogP contribution in [0.1, 0.15) is 18.1 Å². The number of carbonyl (C=O) groups excluding carboxylic acids is 2. The number of rotatable bonds is 12. The van der Waals surface area contributed by atoms with Crippen molar-refractivity contribution in [3.05, 3.63) is 126 Å². The Morgan fingerprint density at radius 1 is 0.829 bits per heavy atom. The van der Waals surface area contributed by atoms with Crippen molar-refractivity contribution in [1.29, 1.82) is 0 Å². The van der Waals surface area contributed by atoms with Crippen LogP contribution in [0.3, 0.4) is 0 Å². The van der Waals surface area contributed by atoms with E-state index in [0.717, 1.165) is 23.3 Å². The van der Waals surface area contributed by atoms with Gasteiger partial charge in [0.25, 0.3) is 15.9 Å². The smallest absolute Gasteiger partial charge is 0.261 e. The van der Waals surface area contributed by atoms with E-state index in [0.29, 0.717) is 6.54 Å². The van der Waals surface area contributed by atoms with Gasteiger partial charge in [-0.25, -0.2) is 12.8 Å². The Labute approximate surface area is 238 Å². The van der Waals surface area contributed by atoms with Crippen molar-refractivity contribution in [3.8, 4) is 5.75 Å². The fourth-order valence-electron chi connectivity index (χ4n) is 3.97. The summed E-state index contributed by atoms with van der Waals surface area (Å²) in [5, 5.41) is 2.88. The van der Waals surface area contributed by atoms with Crippen molar-refractivity contribution >= 4 is 27.5 Å². The quantitative estimate of drug-likeness (QED) is 0.254. The highest BCUT2D eigenvalue weighted by molar-refractivity contribution is 7.92. The van der Waals surface area contributed by atoms with Gasteiger partial charge < -0.3 is 15.0 Å². The molecule has 1 atom stereocenters. The molecule has 4 rings (SSSR count). The largest absolute Gasteiger partial charge is 0.484 e. The first-order chi connectivity index (χ1) is 19.7. The standard InChI is InChI=1S/C31H30FN3O5S/c1-23(31(37)33-20-24-8-4-2-5-9-24)35(21-25-10-6-3-7-11-25)30(36)22-40-28-16-18-29(19-17-28)41(38,39)34-27-14-12-26(32)13-15-27/h2-19,23,34H,20-22H2,1H3,(H,33,37). The molecule has 0 heterocycles. The van der Waals surface area contributed by atoms with Gasteiger partial charge in [-0.2, -0.15) is 0 Å². The van der Waals surface area contributed by atoms with Gasteiger partial charge in [0.05, 0.1) is 4.90 Å². The number of hydrogen-bond acceptors (Lipinski definition) is 5. The van der Waals surface area contributed by atoms with Crippen LogP contribution in [0.15, 0.2) is 114 Å². The summed E-state index contributed by atoms with van der Waals surface area (Å²) in [6, 6.07) is 28.5. The normalized spacial score (nSPS) is 11.8. The van der Waals surface area contributed by atoms with E-state index < -0.39 is 27.8 Å². The van der Waals surface area contributed by atoms with Crippen LogP contribution in [-0.2, 0) is 32.7 Å². The highest BCUT2D eigenvalue weighted by Gasteiger charge is 2.26. The van der Waals surface area contributed by atoms with Crippen molar-refractivity contribution in [3.63, 3.8) is 0 Å². The number of anilines is 1. The first-order valence-corrected chi connectivity index (χ1v) is 14.4. The lowest BCUT2D eigenvalue weighted by molar-refractivity contribution is -0.142. The number of ether oxygens (including phenoxy) is 1. The zero-order valence-corrected chi connectivity index (χ0v) is 23.2. The Bertz CT molecular complexity index is 1550. The molecule has 0 aliphatic rings. The van der Waals surface area contributed by atoms with E-state index in [4.69, 9.17) is 4.74 Å². The molecule has 2 amide bonds. The summed E-state index contributed by atoms with van der Waals surface area (Å²) in [6.07, 6.45) is 0.